The van der Waals surface area contributed by atoms with Gasteiger partial charge in [0.25, 0.3) is 0 Å². The number of para-hydroxylation sites is 1. The molecule has 10 heteroatoms. The summed E-state index contributed by atoms with van der Waals surface area (Å²) in [5.74, 6) is 1.84. The molecule has 0 saturated carbocycles. The molecule has 1 saturated heterocycles. The highest BCUT2D eigenvalue weighted by Gasteiger charge is 2.37. The fourth-order valence-corrected chi connectivity index (χ4v) is 4.66. The molecule has 210 valence electrons. The number of aromatic nitrogens is 2. The van der Waals surface area contributed by atoms with Crippen LogP contribution < -0.4 is 14.2 Å². The maximum atomic E-state index is 12.7. The summed E-state index contributed by atoms with van der Waals surface area (Å²) in [5, 5.41) is 15.8. The van der Waals surface area contributed by atoms with Crippen LogP contribution in [0.2, 0.25) is 0 Å². The van der Waals surface area contributed by atoms with Crippen molar-refractivity contribution in [2.24, 2.45) is 0 Å². The highest BCUT2D eigenvalue weighted by Crippen LogP contribution is 2.29. The van der Waals surface area contributed by atoms with Crippen LogP contribution in [0.25, 0.3) is 0 Å². The van der Waals surface area contributed by atoms with Crippen LogP contribution in [0.5, 0.6) is 17.2 Å². The van der Waals surface area contributed by atoms with E-state index in [1.807, 2.05) is 65.5 Å². The Hall–Kier alpha value is -3.60. The molecule has 2 aromatic carbocycles. The number of nitrogens with zero attached hydrogens (tertiary/aromatic N) is 4. The second-order valence-electron chi connectivity index (χ2n) is 9.74. The summed E-state index contributed by atoms with van der Waals surface area (Å²) in [5.41, 5.74) is -0.254. The van der Waals surface area contributed by atoms with Crippen molar-refractivity contribution in [3.8, 4) is 17.2 Å². The highest BCUT2D eigenvalue weighted by molar-refractivity contribution is 5.77. The predicted molar refractivity (Wildman–Crippen MR) is 146 cm³/mol. The molecule has 1 fully saturated rings. The average Bonchev–Trinajstić information content (AvgIpc) is 3.41. The van der Waals surface area contributed by atoms with Crippen molar-refractivity contribution in [1.82, 2.24) is 19.6 Å². The van der Waals surface area contributed by atoms with Crippen LogP contribution in [0, 0.1) is 0 Å². The molecule has 0 unspecified atom stereocenters. The molecule has 1 N–H and O–H groups in total. The van der Waals surface area contributed by atoms with E-state index in [0.29, 0.717) is 50.0 Å². The predicted octanol–water partition coefficient (Wildman–Crippen LogP) is 2.46. The minimum Gasteiger partial charge on any atom is -0.493 e. The topological polar surface area (TPSA) is 98.5 Å². The van der Waals surface area contributed by atoms with Crippen molar-refractivity contribution in [3.63, 3.8) is 0 Å². The number of amides is 1. The van der Waals surface area contributed by atoms with E-state index < -0.39 is 5.60 Å². The van der Waals surface area contributed by atoms with Crippen LogP contribution in [-0.4, -0.2) is 96.4 Å². The Labute approximate surface area is 229 Å². The van der Waals surface area contributed by atoms with Crippen LogP contribution in [-0.2, 0) is 22.6 Å². The standard InChI is InChI=1S/C29H38N4O6/c1-36-20-28(34)32-16-15-31(21-29(35,22-32)23-39-25-8-4-3-5-9-25)19-24-10-11-26(27(18-24)37-2)38-17-7-14-33-13-6-12-30-33/h3-6,8-13,18,35H,7,14-17,19-23H2,1-2H3/t29-/m0/s1. The van der Waals surface area contributed by atoms with Gasteiger partial charge in [-0.2, -0.15) is 5.10 Å². The number of carbonyl (C=O) groups excluding carboxylic acids is 1. The molecule has 2 heterocycles. The molecule has 3 aromatic rings. The Morgan fingerprint density at radius 1 is 1.03 bits per heavy atom. The van der Waals surface area contributed by atoms with Crippen LogP contribution in [0.4, 0.5) is 0 Å². The van der Waals surface area contributed by atoms with Gasteiger partial charge in [0.2, 0.25) is 5.91 Å². The molecule has 10 nitrogen and oxygen atoms in total. The van der Waals surface area contributed by atoms with Crippen molar-refractivity contribution in [1.29, 1.82) is 0 Å². The van der Waals surface area contributed by atoms with Crippen LogP contribution >= 0.6 is 0 Å². The average molecular weight is 539 g/mol. The molecule has 0 radical (unpaired) electrons. The summed E-state index contributed by atoms with van der Waals surface area (Å²) in [6.07, 6.45) is 4.52. The van der Waals surface area contributed by atoms with E-state index in [-0.39, 0.29) is 25.7 Å². The number of methoxy groups -OCH3 is 2. The number of ether oxygens (including phenoxy) is 4. The van der Waals surface area contributed by atoms with Gasteiger partial charge in [-0.1, -0.05) is 24.3 Å². The fraction of sp³-hybridized carbons (Fsp3) is 0.448. The van der Waals surface area contributed by atoms with E-state index in [1.165, 1.54) is 7.11 Å². The number of rotatable bonds is 13. The molecular weight excluding hydrogens is 500 g/mol. The third-order valence-electron chi connectivity index (χ3n) is 6.54. The van der Waals surface area contributed by atoms with E-state index in [0.717, 1.165) is 18.5 Å². The molecule has 1 atom stereocenters. The largest absolute Gasteiger partial charge is 0.493 e. The first-order chi connectivity index (χ1) is 19.0. The van der Waals surface area contributed by atoms with Gasteiger partial charge in [-0.15, -0.1) is 0 Å². The van der Waals surface area contributed by atoms with E-state index in [2.05, 4.69) is 10.00 Å². The van der Waals surface area contributed by atoms with Crippen molar-refractivity contribution < 1.29 is 28.8 Å². The maximum absolute atomic E-state index is 12.7. The molecular formula is C29H38N4O6. The van der Waals surface area contributed by atoms with Gasteiger partial charge in [0, 0.05) is 58.6 Å². The normalized spacial score (nSPS) is 18.0. The molecule has 1 aliphatic rings. The maximum Gasteiger partial charge on any atom is 0.248 e. The van der Waals surface area contributed by atoms with Gasteiger partial charge >= 0.3 is 0 Å². The number of β-amino-alcohol motifs (C(OH)–C–C–N with tert-alkyl or cyclic N) is 1. The third kappa shape index (κ3) is 8.44. The van der Waals surface area contributed by atoms with E-state index in [4.69, 9.17) is 18.9 Å². The van der Waals surface area contributed by atoms with Crippen LogP contribution in [0.3, 0.4) is 0 Å². The first-order valence-corrected chi connectivity index (χ1v) is 13.1. The second-order valence-corrected chi connectivity index (χ2v) is 9.74. The Kier molecular flexibility index (Phi) is 10.2. The van der Waals surface area contributed by atoms with E-state index >= 15 is 0 Å². The van der Waals surface area contributed by atoms with Gasteiger partial charge in [-0.25, -0.2) is 0 Å². The lowest BCUT2D eigenvalue weighted by atomic mass is 10.0. The first kappa shape index (κ1) is 28.4. The summed E-state index contributed by atoms with van der Waals surface area (Å²) in [4.78, 5) is 16.5. The van der Waals surface area contributed by atoms with Crippen LogP contribution in [0.1, 0.15) is 12.0 Å². The van der Waals surface area contributed by atoms with Gasteiger partial charge in [0.05, 0.1) is 20.3 Å². The molecule has 0 spiro atoms. The third-order valence-corrected chi connectivity index (χ3v) is 6.54. The van der Waals surface area contributed by atoms with Crippen molar-refractivity contribution >= 4 is 5.91 Å². The monoisotopic (exact) mass is 538 g/mol. The summed E-state index contributed by atoms with van der Waals surface area (Å²) in [7, 11) is 3.12. The number of benzene rings is 2. The zero-order valence-electron chi connectivity index (χ0n) is 22.7. The lowest BCUT2D eigenvalue weighted by molar-refractivity contribution is -0.138. The van der Waals surface area contributed by atoms with Crippen LogP contribution in [0.15, 0.2) is 67.0 Å². The first-order valence-electron chi connectivity index (χ1n) is 13.1. The van der Waals surface area contributed by atoms with Gasteiger partial charge in [-0.3, -0.25) is 14.4 Å². The number of aryl methyl sites for hydroxylation is 1. The number of hydrogen-bond donors (Lipinski definition) is 1. The summed E-state index contributed by atoms with van der Waals surface area (Å²) >= 11 is 0. The van der Waals surface area contributed by atoms with E-state index in [9.17, 15) is 9.90 Å². The lowest BCUT2D eigenvalue weighted by Crippen LogP contribution is -2.52. The molecule has 0 bridgehead atoms. The zero-order valence-corrected chi connectivity index (χ0v) is 22.7. The molecule has 1 aliphatic heterocycles. The molecule has 0 aliphatic carbocycles. The Morgan fingerprint density at radius 2 is 1.87 bits per heavy atom. The zero-order chi connectivity index (χ0) is 27.5. The van der Waals surface area contributed by atoms with Gasteiger partial charge in [0.15, 0.2) is 11.5 Å². The second kappa shape index (κ2) is 14.0. The number of aliphatic hydroxyl groups is 1. The minimum atomic E-state index is -1.27. The molecule has 39 heavy (non-hydrogen) atoms. The molecule has 1 amide bonds. The van der Waals surface area contributed by atoms with Gasteiger partial charge in [-0.05, 0) is 35.9 Å². The SMILES string of the molecule is COCC(=O)N1CCN(Cc2ccc(OCCCn3cccn3)c(OC)c2)C[C@@](O)(COc2ccccc2)C1. The van der Waals surface area contributed by atoms with Crippen molar-refractivity contribution in [2.75, 3.05) is 60.2 Å². The highest BCUT2D eigenvalue weighted by atomic mass is 16.5. The Bertz CT molecular complexity index is 1160. The summed E-state index contributed by atoms with van der Waals surface area (Å²) < 4.78 is 24.4. The summed E-state index contributed by atoms with van der Waals surface area (Å²) in [6, 6.07) is 17.1. The lowest BCUT2D eigenvalue weighted by Gasteiger charge is -2.33. The smallest absolute Gasteiger partial charge is 0.248 e. The van der Waals surface area contributed by atoms with Crippen molar-refractivity contribution in [2.45, 2.75) is 25.1 Å². The molecule has 1 aromatic heterocycles. The Morgan fingerprint density at radius 3 is 2.62 bits per heavy atom. The minimum absolute atomic E-state index is 0.0315. The van der Waals surface area contributed by atoms with E-state index in [1.54, 1.807) is 18.2 Å². The number of carbonyl (C=O) groups is 1. The number of hydrogen-bond acceptors (Lipinski definition) is 8. The quantitative estimate of drug-likeness (QED) is 0.332. The van der Waals surface area contributed by atoms with Gasteiger partial charge in [0.1, 0.15) is 24.6 Å². The Balaban J connectivity index is 1.40. The summed E-state index contributed by atoms with van der Waals surface area (Å²) in [6.45, 7) is 3.48. The van der Waals surface area contributed by atoms with Crippen molar-refractivity contribution in [3.05, 3.63) is 72.6 Å². The fourth-order valence-electron chi connectivity index (χ4n) is 4.66. The molecule has 4 rings (SSSR count). The van der Waals surface area contributed by atoms with Gasteiger partial charge < -0.3 is 29.0 Å².